The van der Waals surface area contributed by atoms with Crippen LogP contribution < -0.4 is 11.5 Å². The zero-order chi connectivity index (χ0) is 13.1. The maximum absolute atomic E-state index is 11.5. The Bertz CT molecular complexity index is 429. The summed E-state index contributed by atoms with van der Waals surface area (Å²) >= 11 is 0. The first-order valence-corrected chi connectivity index (χ1v) is 6.51. The molecule has 1 saturated carbocycles. The molecule has 0 bridgehead atoms. The number of benzene rings is 1. The average Bonchev–Trinajstić information content (AvgIpc) is 3.12. The predicted octanol–water partition coefficient (Wildman–Crippen LogP) is 1.50. The Balaban J connectivity index is 2.13. The van der Waals surface area contributed by atoms with Crippen LogP contribution in [0.4, 0.5) is 5.69 Å². The lowest BCUT2D eigenvalue weighted by Crippen LogP contribution is -2.45. The van der Waals surface area contributed by atoms with Crippen LogP contribution in [0.1, 0.15) is 31.7 Å². The smallest absolute Gasteiger partial charge is 0.234 e. The summed E-state index contributed by atoms with van der Waals surface area (Å²) < 4.78 is 0. The fraction of sp³-hybridized carbons (Fsp3) is 0.500. The van der Waals surface area contributed by atoms with Gasteiger partial charge in [-0.25, -0.2) is 0 Å². The molecule has 0 aliphatic heterocycles. The van der Waals surface area contributed by atoms with Gasteiger partial charge in [0.25, 0.3) is 0 Å². The van der Waals surface area contributed by atoms with Crippen molar-refractivity contribution < 1.29 is 4.79 Å². The van der Waals surface area contributed by atoms with E-state index >= 15 is 0 Å². The summed E-state index contributed by atoms with van der Waals surface area (Å²) in [6.07, 6.45) is 3.08. The molecule has 18 heavy (non-hydrogen) atoms. The van der Waals surface area contributed by atoms with E-state index in [9.17, 15) is 4.79 Å². The molecule has 2 rings (SSSR count). The Morgan fingerprint density at radius 1 is 1.50 bits per heavy atom. The third-order valence-corrected chi connectivity index (χ3v) is 3.45. The van der Waals surface area contributed by atoms with Crippen LogP contribution in [-0.2, 0) is 11.3 Å². The van der Waals surface area contributed by atoms with Crippen LogP contribution in [0.15, 0.2) is 24.3 Å². The van der Waals surface area contributed by atoms with Gasteiger partial charge in [0, 0.05) is 18.3 Å². The molecule has 1 amide bonds. The van der Waals surface area contributed by atoms with Gasteiger partial charge in [0.05, 0.1) is 6.04 Å². The second kappa shape index (κ2) is 5.40. The molecule has 0 heterocycles. The van der Waals surface area contributed by atoms with Gasteiger partial charge >= 0.3 is 0 Å². The van der Waals surface area contributed by atoms with Crippen molar-refractivity contribution in [2.75, 3.05) is 5.73 Å². The lowest BCUT2D eigenvalue weighted by Gasteiger charge is -2.29. The fourth-order valence-corrected chi connectivity index (χ4v) is 2.40. The zero-order valence-electron chi connectivity index (χ0n) is 10.8. The molecule has 4 heteroatoms. The summed E-state index contributed by atoms with van der Waals surface area (Å²) in [5.74, 6) is -0.228. The van der Waals surface area contributed by atoms with Crippen LogP contribution >= 0.6 is 0 Å². The molecule has 0 spiro atoms. The van der Waals surface area contributed by atoms with Crippen molar-refractivity contribution in [3.63, 3.8) is 0 Å². The van der Waals surface area contributed by atoms with Gasteiger partial charge in [0.2, 0.25) is 5.91 Å². The second-order valence-corrected chi connectivity index (χ2v) is 4.97. The van der Waals surface area contributed by atoms with E-state index in [4.69, 9.17) is 11.5 Å². The van der Waals surface area contributed by atoms with Gasteiger partial charge in [-0.3, -0.25) is 9.69 Å². The summed E-state index contributed by atoms with van der Waals surface area (Å²) in [6, 6.07) is 8.16. The number of rotatable bonds is 6. The van der Waals surface area contributed by atoms with E-state index in [1.807, 2.05) is 31.2 Å². The molecule has 1 aromatic carbocycles. The largest absolute Gasteiger partial charge is 0.399 e. The number of nitrogens with zero attached hydrogens (tertiary/aromatic N) is 1. The Kier molecular flexibility index (Phi) is 3.87. The molecule has 1 aliphatic rings. The number of anilines is 1. The molecule has 1 atom stereocenters. The van der Waals surface area contributed by atoms with E-state index in [-0.39, 0.29) is 11.9 Å². The number of carbonyl (C=O) groups is 1. The Labute approximate surface area is 108 Å². The van der Waals surface area contributed by atoms with Crippen molar-refractivity contribution in [1.29, 1.82) is 0 Å². The molecule has 98 valence electrons. The van der Waals surface area contributed by atoms with Gasteiger partial charge in [-0.05, 0) is 37.0 Å². The number of nitrogens with two attached hydrogens (primary N) is 2. The van der Waals surface area contributed by atoms with Crippen LogP contribution in [0, 0.1) is 0 Å². The number of nitrogen functional groups attached to an aromatic ring is 1. The van der Waals surface area contributed by atoms with Crippen LogP contribution in [0.25, 0.3) is 0 Å². The highest BCUT2D eigenvalue weighted by molar-refractivity contribution is 5.79. The molecular formula is C14H21N3O. The normalized spacial score (nSPS) is 16.8. The van der Waals surface area contributed by atoms with E-state index in [1.165, 1.54) is 0 Å². The molecule has 4 nitrogen and oxygen atoms in total. The number of carbonyl (C=O) groups excluding carboxylic acids is 1. The summed E-state index contributed by atoms with van der Waals surface area (Å²) in [6.45, 7) is 2.75. The van der Waals surface area contributed by atoms with E-state index in [0.717, 1.165) is 37.1 Å². The second-order valence-electron chi connectivity index (χ2n) is 4.97. The van der Waals surface area contributed by atoms with Gasteiger partial charge in [0.15, 0.2) is 0 Å². The van der Waals surface area contributed by atoms with Gasteiger partial charge in [-0.1, -0.05) is 19.1 Å². The highest BCUT2D eigenvalue weighted by Gasteiger charge is 2.35. The zero-order valence-corrected chi connectivity index (χ0v) is 10.8. The first-order chi connectivity index (χ1) is 8.61. The fourth-order valence-electron chi connectivity index (χ4n) is 2.40. The maximum atomic E-state index is 11.5. The van der Waals surface area contributed by atoms with Crippen LogP contribution in [0.5, 0.6) is 0 Å². The van der Waals surface area contributed by atoms with E-state index in [2.05, 4.69) is 4.90 Å². The molecule has 1 fully saturated rings. The van der Waals surface area contributed by atoms with Crippen molar-refractivity contribution in [3.05, 3.63) is 29.8 Å². The molecule has 0 aromatic heterocycles. The number of hydrogen-bond donors (Lipinski definition) is 2. The SMILES string of the molecule is CCC(C(N)=O)N(Cc1cccc(N)c1)C1CC1. The Morgan fingerprint density at radius 3 is 2.72 bits per heavy atom. The molecule has 1 aromatic rings. The first-order valence-electron chi connectivity index (χ1n) is 6.51. The molecule has 0 saturated heterocycles. The van der Waals surface area contributed by atoms with Crippen molar-refractivity contribution in [1.82, 2.24) is 4.90 Å². The van der Waals surface area contributed by atoms with Crippen LogP contribution in [-0.4, -0.2) is 22.9 Å². The molecular weight excluding hydrogens is 226 g/mol. The highest BCUT2D eigenvalue weighted by atomic mass is 16.1. The Morgan fingerprint density at radius 2 is 2.22 bits per heavy atom. The molecule has 1 aliphatic carbocycles. The lowest BCUT2D eigenvalue weighted by molar-refractivity contribution is -0.123. The summed E-state index contributed by atoms with van der Waals surface area (Å²) in [7, 11) is 0. The molecule has 0 radical (unpaired) electrons. The van der Waals surface area contributed by atoms with E-state index < -0.39 is 0 Å². The third kappa shape index (κ3) is 3.01. The topological polar surface area (TPSA) is 72.4 Å². The predicted molar refractivity (Wildman–Crippen MR) is 72.7 cm³/mol. The third-order valence-electron chi connectivity index (χ3n) is 3.45. The quantitative estimate of drug-likeness (QED) is 0.748. The minimum absolute atomic E-state index is 0.168. The number of hydrogen-bond acceptors (Lipinski definition) is 3. The van der Waals surface area contributed by atoms with Crippen LogP contribution in [0.2, 0.25) is 0 Å². The van der Waals surface area contributed by atoms with Crippen molar-refractivity contribution in [2.45, 2.75) is 44.8 Å². The maximum Gasteiger partial charge on any atom is 0.234 e. The van der Waals surface area contributed by atoms with Gasteiger partial charge in [-0.2, -0.15) is 0 Å². The summed E-state index contributed by atoms with van der Waals surface area (Å²) in [4.78, 5) is 13.7. The van der Waals surface area contributed by atoms with E-state index in [1.54, 1.807) is 0 Å². The molecule has 1 unspecified atom stereocenters. The number of primary amides is 1. The molecule has 4 N–H and O–H groups in total. The van der Waals surface area contributed by atoms with E-state index in [0.29, 0.717) is 6.04 Å². The lowest BCUT2D eigenvalue weighted by atomic mass is 10.1. The summed E-state index contributed by atoms with van der Waals surface area (Å²) in [5.41, 5.74) is 13.2. The van der Waals surface area contributed by atoms with Crippen molar-refractivity contribution >= 4 is 11.6 Å². The average molecular weight is 247 g/mol. The minimum Gasteiger partial charge on any atom is -0.399 e. The van der Waals surface area contributed by atoms with Gasteiger partial charge in [-0.15, -0.1) is 0 Å². The highest BCUT2D eigenvalue weighted by Crippen LogP contribution is 2.31. The summed E-state index contributed by atoms with van der Waals surface area (Å²) in [5, 5.41) is 0. The minimum atomic E-state index is -0.228. The van der Waals surface area contributed by atoms with Gasteiger partial charge < -0.3 is 11.5 Å². The first kappa shape index (κ1) is 12.9. The van der Waals surface area contributed by atoms with Crippen molar-refractivity contribution in [3.8, 4) is 0 Å². The number of amides is 1. The van der Waals surface area contributed by atoms with Crippen LogP contribution in [0.3, 0.4) is 0 Å². The standard InChI is InChI=1S/C14H21N3O/c1-2-13(14(16)18)17(12-6-7-12)9-10-4-3-5-11(15)8-10/h3-5,8,12-13H,2,6-7,9,15H2,1H3,(H2,16,18). The Hall–Kier alpha value is -1.55. The monoisotopic (exact) mass is 247 g/mol. The van der Waals surface area contributed by atoms with Crippen molar-refractivity contribution in [2.24, 2.45) is 5.73 Å². The van der Waals surface area contributed by atoms with Gasteiger partial charge in [0.1, 0.15) is 0 Å².